The third-order valence-electron chi connectivity index (χ3n) is 3.78. The van der Waals surface area contributed by atoms with Crippen molar-refractivity contribution in [1.82, 2.24) is 14.8 Å². The lowest BCUT2D eigenvalue weighted by Gasteiger charge is -2.08. The molecule has 2 aromatic heterocycles. The highest BCUT2D eigenvalue weighted by Crippen LogP contribution is 2.33. The Hall–Kier alpha value is -2.40. The molecule has 0 saturated heterocycles. The normalized spacial score (nSPS) is 10.7. The van der Waals surface area contributed by atoms with Crippen LogP contribution in [0.2, 0.25) is 0 Å². The van der Waals surface area contributed by atoms with Crippen molar-refractivity contribution in [2.75, 3.05) is 17.7 Å². The van der Waals surface area contributed by atoms with Gasteiger partial charge in [0.15, 0.2) is 5.16 Å². The summed E-state index contributed by atoms with van der Waals surface area (Å²) in [7, 11) is 0. The largest absolute Gasteiger partial charge is 0.462 e. The number of anilines is 1. The van der Waals surface area contributed by atoms with Gasteiger partial charge in [0.2, 0.25) is 5.91 Å². The van der Waals surface area contributed by atoms with Crippen LogP contribution in [0.25, 0.3) is 0 Å². The van der Waals surface area contributed by atoms with E-state index in [-0.39, 0.29) is 33.7 Å². The first-order valence-corrected chi connectivity index (χ1v) is 10.5. The fourth-order valence-electron chi connectivity index (χ4n) is 2.53. The predicted octanol–water partition coefficient (Wildman–Crippen LogP) is 2.37. The lowest BCUT2D eigenvalue weighted by Crippen LogP contribution is -2.17. The van der Waals surface area contributed by atoms with Crippen molar-refractivity contribution in [3.63, 3.8) is 0 Å². The molecule has 0 bridgehead atoms. The molecule has 0 spiro atoms. The van der Waals surface area contributed by atoms with Crippen LogP contribution in [-0.2, 0) is 16.1 Å². The Bertz CT molecular complexity index is 890. The van der Waals surface area contributed by atoms with Gasteiger partial charge in [-0.2, -0.15) is 0 Å². The van der Waals surface area contributed by atoms with Crippen LogP contribution >= 0.6 is 23.1 Å². The standard InChI is InChI=1S/C17H23N5O4S2/c1-5-7-22-10(4)20-21-17(22)27-8-11(23)19-15-12(16(25)26-6-2)9(3)13(28-15)14(18)24/h5-8H2,1-4H3,(H2,18,24)(H,19,23). The molecule has 28 heavy (non-hydrogen) atoms. The molecule has 0 fully saturated rings. The highest BCUT2D eigenvalue weighted by Gasteiger charge is 2.25. The van der Waals surface area contributed by atoms with Crippen molar-refractivity contribution in [2.45, 2.75) is 45.8 Å². The van der Waals surface area contributed by atoms with E-state index in [1.54, 1.807) is 13.8 Å². The zero-order valence-corrected chi connectivity index (χ0v) is 17.8. The molecule has 2 aromatic rings. The number of hydrogen-bond acceptors (Lipinski definition) is 8. The molecule has 0 aliphatic heterocycles. The van der Waals surface area contributed by atoms with Gasteiger partial charge < -0.3 is 20.4 Å². The Labute approximate surface area is 171 Å². The van der Waals surface area contributed by atoms with E-state index in [9.17, 15) is 14.4 Å². The Balaban J connectivity index is 2.16. The molecule has 0 unspecified atom stereocenters. The van der Waals surface area contributed by atoms with Gasteiger partial charge in [0, 0.05) is 6.54 Å². The number of thiophene rings is 1. The molecule has 0 atom stereocenters. The number of thioether (sulfide) groups is 1. The summed E-state index contributed by atoms with van der Waals surface area (Å²) in [4.78, 5) is 36.5. The molecule has 0 aliphatic carbocycles. The summed E-state index contributed by atoms with van der Waals surface area (Å²) in [5.41, 5.74) is 5.93. The molecule has 3 N–H and O–H groups in total. The maximum absolute atomic E-state index is 12.4. The zero-order valence-electron chi connectivity index (χ0n) is 16.2. The number of nitrogens with one attached hydrogen (secondary N) is 1. The number of amides is 2. The van der Waals surface area contributed by atoms with Gasteiger partial charge in [0.1, 0.15) is 10.8 Å². The second-order valence-corrected chi connectivity index (χ2v) is 7.83. The zero-order chi connectivity index (χ0) is 20.8. The molecule has 0 aliphatic rings. The van der Waals surface area contributed by atoms with Gasteiger partial charge in [0.25, 0.3) is 5.91 Å². The second kappa shape index (κ2) is 9.69. The summed E-state index contributed by atoms with van der Waals surface area (Å²) in [6.07, 6.45) is 0.923. The Morgan fingerprint density at radius 1 is 1.25 bits per heavy atom. The maximum Gasteiger partial charge on any atom is 0.341 e. The van der Waals surface area contributed by atoms with Crippen molar-refractivity contribution < 1.29 is 19.1 Å². The number of esters is 1. The van der Waals surface area contributed by atoms with E-state index in [1.807, 2.05) is 18.4 Å². The third kappa shape index (κ3) is 4.90. The molecule has 2 amide bonds. The molecule has 0 saturated carbocycles. The monoisotopic (exact) mass is 425 g/mol. The van der Waals surface area contributed by atoms with Crippen molar-refractivity contribution in [3.8, 4) is 0 Å². The van der Waals surface area contributed by atoms with Gasteiger partial charge in [-0.05, 0) is 32.8 Å². The van der Waals surface area contributed by atoms with Crippen LogP contribution in [0.4, 0.5) is 5.00 Å². The van der Waals surface area contributed by atoms with Crippen LogP contribution < -0.4 is 11.1 Å². The number of aryl methyl sites for hydroxylation is 1. The second-order valence-electron chi connectivity index (χ2n) is 5.86. The summed E-state index contributed by atoms with van der Waals surface area (Å²) in [6, 6.07) is 0. The SMILES string of the molecule is CCCn1c(C)nnc1SCC(=O)Nc1sc(C(N)=O)c(C)c1C(=O)OCC. The molecule has 11 heteroatoms. The summed E-state index contributed by atoms with van der Waals surface area (Å²) >= 11 is 2.22. The Kier molecular flexibility index (Phi) is 7.58. The number of carbonyl (C=O) groups excluding carboxylic acids is 3. The van der Waals surface area contributed by atoms with Crippen LogP contribution in [-0.4, -0.2) is 44.9 Å². The minimum atomic E-state index is -0.661. The molecule has 2 heterocycles. The summed E-state index contributed by atoms with van der Waals surface area (Å²) in [5, 5.41) is 11.7. The van der Waals surface area contributed by atoms with Crippen LogP contribution in [0.3, 0.4) is 0 Å². The first-order chi connectivity index (χ1) is 13.3. The molecule has 9 nitrogen and oxygen atoms in total. The van der Waals surface area contributed by atoms with Crippen LogP contribution in [0.5, 0.6) is 0 Å². The number of primary amides is 1. The smallest absolute Gasteiger partial charge is 0.341 e. The van der Waals surface area contributed by atoms with Gasteiger partial charge in [-0.1, -0.05) is 18.7 Å². The van der Waals surface area contributed by atoms with E-state index in [0.717, 1.165) is 30.1 Å². The molecule has 0 radical (unpaired) electrons. The van der Waals surface area contributed by atoms with Crippen molar-refractivity contribution >= 4 is 45.9 Å². The van der Waals surface area contributed by atoms with Crippen molar-refractivity contribution in [2.24, 2.45) is 5.73 Å². The number of carbonyl (C=O) groups is 3. The lowest BCUT2D eigenvalue weighted by atomic mass is 10.1. The van der Waals surface area contributed by atoms with Crippen molar-refractivity contribution in [1.29, 1.82) is 0 Å². The van der Waals surface area contributed by atoms with Gasteiger partial charge in [-0.25, -0.2) is 4.79 Å². The number of nitrogens with zero attached hydrogens (tertiary/aromatic N) is 3. The minimum absolute atomic E-state index is 0.0764. The van der Waals surface area contributed by atoms with Crippen LogP contribution in [0, 0.1) is 13.8 Å². The van der Waals surface area contributed by atoms with E-state index in [4.69, 9.17) is 10.5 Å². The summed E-state index contributed by atoms with van der Waals surface area (Å²) in [6.45, 7) is 8.13. The quantitative estimate of drug-likeness (QED) is 0.466. The third-order valence-corrected chi connectivity index (χ3v) is 5.97. The molecular formula is C17H23N5O4S2. The topological polar surface area (TPSA) is 129 Å². The van der Waals surface area contributed by atoms with E-state index in [1.165, 1.54) is 11.8 Å². The van der Waals surface area contributed by atoms with Gasteiger partial charge in [-0.15, -0.1) is 21.5 Å². The Morgan fingerprint density at radius 2 is 1.96 bits per heavy atom. The number of nitrogens with two attached hydrogens (primary N) is 1. The van der Waals surface area contributed by atoms with Crippen LogP contribution in [0.15, 0.2) is 5.16 Å². The first-order valence-electron chi connectivity index (χ1n) is 8.72. The average molecular weight is 426 g/mol. The molecule has 2 rings (SSSR count). The van der Waals surface area contributed by atoms with E-state index in [0.29, 0.717) is 10.7 Å². The maximum atomic E-state index is 12.4. The van der Waals surface area contributed by atoms with Crippen LogP contribution in [0.1, 0.15) is 51.7 Å². The highest BCUT2D eigenvalue weighted by molar-refractivity contribution is 7.99. The molecule has 0 aromatic carbocycles. The van der Waals surface area contributed by atoms with Gasteiger partial charge >= 0.3 is 5.97 Å². The first kappa shape index (κ1) is 21.9. The van der Waals surface area contributed by atoms with Gasteiger partial charge in [-0.3, -0.25) is 9.59 Å². The number of ether oxygens (including phenoxy) is 1. The predicted molar refractivity (Wildman–Crippen MR) is 108 cm³/mol. The van der Waals surface area contributed by atoms with E-state index < -0.39 is 11.9 Å². The Morgan fingerprint density at radius 3 is 2.57 bits per heavy atom. The average Bonchev–Trinajstić information content (AvgIpc) is 3.14. The van der Waals surface area contributed by atoms with E-state index in [2.05, 4.69) is 15.5 Å². The fourth-order valence-corrected chi connectivity index (χ4v) is 4.40. The lowest BCUT2D eigenvalue weighted by molar-refractivity contribution is -0.113. The summed E-state index contributed by atoms with van der Waals surface area (Å²) < 4.78 is 6.98. The van der Waals surface area contributed by atoms with Crippen molar-refractivity contribution in [3.05, 3.63) is 21.8 Å². The minimum Gasteiger partial charge on any atom is -0.462 e. The van der Waals surface area contributed by atoms with Gasteiger partial charge in [0.05, 0.1) is 22.8 Å². The molecular weight excluding hydrogens is 402 g/mol. The fraction of sp³-hybridized carbons (Fsp3) is 0.471. The number of rotatable bonds is 9. The highest BCUT2D eigenvalue weighted by atomic mass is 32.2. The number of hydrogen-bond donors (Lipinski definition) is 2. The number of aromatic nitrogens is 3. The summed E-state index contributed by atoms with van der Waals surface area (Å²) in [5.74, 6) is -0.741. The molecule has 152 valence electrons. The van der Waals surface area contributed by atoms with E-state index >= 15 is 0 Å².